The molecule has 9 nitrogen and oxygen atoms in total. The quantitative estimate of drug-likeness (QED) is 0.0211. The summed E-state index contributed by atoms with van der Waals surface area (Å²) in [6, 6.07) is 0. The van der Waals surface area contributed by atoms with Crippen LogP contribution >= 0.6 is 0 Å². The van der Waals surface area contributed by atoms with E-state index >= 15 is 0 Å². The smallest absolute Gasteiger partial charge is 0.361 e. The van der Waals surface area contributed by atoms with E-state index in [4.69, 9.17) is 18.9 Å². The molecule has 0 bridgehead atoms. The zero-order chi connectivity index (χ0) is 47.7. The van der Waals surface area contributed by atoms with Gasteiger partial charge in [0, 0.05) is 12.8 Å². The molecule has 1 N–H and O–H groups in total. The molecule has 0 rings (SSSR count). The molecule has 0 amide bonds. The fourth-order valence-corrected chi connectivity index (χ4v) is 6.92. The van der Waals surface area contributed by atoms with Crippen LogP contribution in [0.3, 0.4) is 0 Å². The van der Waals surface area contributed by atoms with Crippen LogP contribution in [0.4, 0.5) is 0 Å². The van der Waals surface area contributed by atoms with E-state index < -0.39 is 24.3 Å². The second-order valence-electron chi connectivity index (χ2n) is 18.4. The minimum Gasteiger partial charge on any atom is -0.477 e. The highest BCUT2D eigenvalue weighted by molar-refractivity contribution is 5.71. The van der Waals surface area contributed by atoms with Gasteiger partial charge in [0.25, 0.3) is 6.29 Å². The molecule has 0 aliphatic carbocycles. The van der Waals surface area contributed by atoms with Gasteiger partial charge in [-0.25, -0.2) is 4.79 Å². The third kappa shape index (κ3) is 48.5. The number of carbonyl (C=O) groups is 3. The van der Waals surface area contributed by atoms with Gasteiger partial charge in [0.15, 0.2) is 6.10 Å². The maximum Gasteiger partial charge on any atom is 0.361 e. The Morgan fingerprint density at radius 3 is 1.34 bits per heavy atom. The molecule has 9 heteroatoms. The molecule has 2 atom stereocenters. The minimum atomic E-state index is -1.52. The van der Waals surface area contributed by atoms with Crippen LogP contribution in [0, 0.1) is 0 Å². The SMILES string of the molecule is CC/C=C\C/C=C\C/C=C\C/C=C\CCCCC(=O)OC(COC(=O)CCCCCCCCCCCCCCC/C=C\C/C=C\CCCCCCC)COC(OCC[N+](C)(C)C)C(=O)O. The largest absolute Gasteiger partial charge is 0.477 e. The van der Waals surface area contributed by atoms with Crippen molar-refractivity contribution in [3.8, 4) is 0 Å². The van der Waals surface area contributed by atoms with Crippen molar-refractivity contribution in [2.45, 2.75) is 219 Å². The highest BCUT2D eigenvalue weighted by Crippen LogP contribution is 2.15. The lowest BCUT2D eigenvalue weighted by molar-refractivity contribution is -0.870. The zero-order valence-corrected chi connectivity index (χ0v) is 42.4. The highest BCUT2D eigenvalue weighted by Gasteiger charge is 2.25. The Labute approximate surface area is 398 Å². The van der Waals surface area contributed by atoms with Crippen molar-refractivity contribution < 1.29 is 42.9 Å². The van der Waals surface area contributed by atoms with Gasteiger partial charge in [-0.1, -0.05) is 183 Å². The Morgan fingerprint density at radius 2 is 0.877 bits per heavy atom. The molecule has 0 saturated carbocycles. The molecule has 374 valence electrons. The van der Waals surface area contributed by atoms with Gasteiger partial charge in [-0.05, 0) is 83.5 Å². The standard InChI is InChI=1S/C56H97NO8/c1-6-8-10-12-14-16-18-20-22-23-24-25-26-27-28-29-30-31-33-34-36-38-40-42-44-46-53(58)63-50-52(51-64-56(55(60)61)62-49-48-57(3,4)5)65-54(59)47-45-43-41-39-37-35-32-21-19-17-15-13-11-9-7-2/h9,11,15,17-18,20-21,23-24,32,37,39,52,56H,6-8,10,12-14,16,19,22,25-31,33-36,38,40-51H2,1-5H3/p+1/b11-9-,17-15-,20-18-,24-23-,32-21-,39-37-. The summed E-state index contributed by atoms with van der Waals surface area (Å²) in [5, 5.41) is 9.66. The van der Waals surface area contributed by atoms with Gasteiger partial charge in [-0.2, -0.15) is 0 Å². The molecule has 0 saturated heterocycles. The fraction of sp³-hybridized carbons (Fsp3) is 0.732. The topological polar surface area (TPSA) is 108 Å². The number of ether oxygens (including phenoxy) is 4. The van der Waals surface area contributed by atoms with Crippen molar-refractivity contribution in [1.29, 1.82) is 0 Å². The van der Waals surface area contributed by atoms with E-state index in [1.54, 1.807) is 0 Å². The number of carboxylic acid groups (broad SMARTS) is 1. The Balaban J connectivity index is 4.30. The van der Waals surface area contributed by atoms with Crippen molar-refractivity contribution in [2.75, 3.05) is 47.5 Å². The van der Waals surface area contributed by atoms with Crippen molar-refractivity contribution in [3.63, 3.8) is 0 Å². The number of aliphatic carboxylic acids is 1. The third-order valence-corrected chi connectivity index (χ3v) is 10.9. The van der Waals surface area contributed by atoms with E-state index in [0.717, 1.165) is 64.2 Å². The second kappa shape index (κ2) is 47.2. The lowest BCUT2D eigenvalue weighted by Crippen LogP contribution is -2.40. The minimum absolute atomic E-state index is 0.177. The average molecular weight is 913 g/mol. The summed E-state index contributed by atoms with van der Waals surface area (Å²) in [5.74, 6) is -2.07. The maximum absolute atomic E-state index is 12.8. The van der Waals surface area contributed by atoms with Crippen molar-refractivity contribution in [1.82, 2.24) is 0 Å². The summed E-state index contributed by atoms with van der Waals surface area (Å²) >= 11 is 0. The number of quaternary nitrogens is 1. The van der Waals surface area contributed by atoms with Crippen molar-refractivity contribution >= 4 is 17.9 Å². The Kier molecular flexibility index (Phi) is 44.9. The second-order valence-corrected chi connectivity index (χ2v) is 18.4. The summed E-state index contributed by atoms with van der Waals surface area (Å²) in [6.07, 6.45) is 56.9. The third-order valence-electron chi connectivity index (χ3n) is 10.9. The molecular formula is C56H98NO8+. The predicted octanol–water partition coefficient (Wildman–Crippen LogP) is 14.7. The van der Waals surface area contributed by atoms with Gasteiger partial charge in [0.1, 0.15) is 13.2 Å². The molecule has 0 spiro atoms. The number of hydrogen-bond acceptors (Lipinski definition) is 7. The number of carbonyl (C=O) groups excluding carboxylic acids is 2. The van der Waals surface area contributed by atoms with Crippen LogP contribution in [0.1, 0.15) is 206 Å². The molecule has 0 aromatic carbocycles. The van der Waals surface area contributed by atoms with E-state index in [-0.39, 0.29) is 38.6 Å². The van der Waals surface area contributed by atoms with Gasteiger partial charge in [-0.3, -0.25) is 9.59 Å². The molecule has 0 aliphatic heterocycles. The van der Waals surface area contributed by atoms with Gasteiger partial charge in [-0.15, -0.1) is 0 Å². The van der Waals surface area contributed by atoms with Crippen molar-refractivity contribution in [2.24, 2.45) is 0 Å². The first-order valence-corrected chi connectivity index (χ1v) is 26.1. The van der Waals surface area contributed by atoms with E-state index in [9.17, 15) is 19.5 Å². The van der Waals surface area contributed by atoms with Crippen LogP contribution < -0.4 is 0 Å². The normalized spacial score (nSPS) is 13.4. The number of carboxylic acids is 1. The summed E-state index contributed by atoms with van der Waals surface area (Å²) in [5.41, 5.74) is 0. The van der Waals surface area contributed by atoms with Crippen molar-refractivity contribution in [3.05, 3.63) is 72.9 Å². The van der Waals surface area contributed by atoms with Crippen LogP contribution in [0.2, 0.25) is 0 Å². The Morgan fingerprint density at radius 1 is 0.477 bits per heavy atom. The number of allylic oxidation sites excluding steroid dienone is 12. The lowest BCUT2D eigenvalue weighted by Gasteiger charge is -2.25. The molecule has 0 radical (unpaired) electrons. The molecule has 0 aromatic rings. The summed E-state index contributed by atoms with van der Waals surface area (Å²) in [4.78, 5) is 37.2. The molecule has 2 unspecified atom stereocenters. The molecule has 0 fully saturated rings. The van der Waals surface area contributed by atoms with Gasteiger partial charge < -0.3 is 28.5 Å². The molecule has 0 aliphatic rings. The van der Waals surface area contributed by atoms with E-state index in [2.05, 4.69) is 86.8 Å². The Hall–Kier alpha value is -3.27. The number of rotatable bonds is 47. The van der Waals surface area contributed by atoms with Gasteiger partial charge in [0.05, 0.1) is 34.4 Å². The zero-order valence-electron chi connectivity index (χ0n) is 42.4. The Bertz CT molecular complexity index is 1290. The van der Waals surface area contributed by atoms with Crippen LogP contribution in [-0.2, 0) is 33.3 Å². The highest BCUT2D eigenvalue weighted by atomic mass is 16.7. The first-order valence-electron chi connectivity index (χ1n) is 26.1. The maximum atomic E-state index is 12.8. The molecular weight excluding hydrogens is 815 g/mol. The number of nitrogens with zero attached hydrogens (tertiary/aromatic N) is 1. The predicted molar refractivity (Wildman–Crippen MR) is 272 cm³/mol. The van der Waals surface area contributed by atoms with E-state index in [0.29, 0.717) is 17.4 Å². The number of hydrogen-bond donors (Lipinski definition) is 1. The van der Waals surface area contributed by atoms with E-state index in [1.165, 1.54) is 109 Å². The summed E-state index contributed by atoms with van der Waals surface area (Å²) in [6.45, 7) is 4.70. The first-order chi connectivity index (χ1) is 31.6. The van der Waals surface area contributed by atoms with Gasteiger partial charge in [0.2, 0.25) is 0 Å². The van der Waals surface area contributed by atoms with Crippen LogP contribution in [0.15, 0.2) is 72.9 Å². The monoisotopic (exact) mass is 913 g/mol. The number of unbranched alkanes of at least 4 members (excludes halogenated alkanes) is 20. The van der Waals surface area contributed by atoms with E-state index in [1.807, 2.05) is 21.1 Å². The number of esters is 2. The van der Waals surface area contributed by atoms with Crippen LogP contribution in [0.5, 0.6) is 0 Å². The van der Waals surface area contributed by atoms with Crippen LogP contribution in [0.25, 0.3) is 0 Å². The van der Waals surface area contributed by atoms with Gasteiger partial charge >= 0.3 is 17.9 Å². The van der Waals surface area contributed by atoms with Crippen LogP contribution in [-0.4, -0.2) is 87.4 Å². The summed E-state index contributed by atoms with van der Waals surface area (Å²) in [7, 11) is 5.94. The molecule has 65 heavy (non-hydrogen) atoms. The average Bonchev–Trinajstić information content (AvgIpc) is 3.27. The number of likely N-dealkylation sites (N-methyl/N-ethyl adjacent to an activating group) is 1. The lowest BCUT2D eigenvalue weighted by atomic mass is 10.0. The fourth-order valence-electron chi connectivity index (χ4n) is 6.92. The molecule has 0 aromatic heterocycles. The molecule has 0 heterocycles. The summed E-state index contributed by atoms with van der Waals surface area (Å²) < 4.78 is 22.7. The first kappa shape index (κ1) is 61.7.